The maximum absolute atomic E-state index is 8.66. The van der Waals surface area contributed by atoms with E-state index in [0.717, 1.165) is 11.1 Å². The average Bonchev–Trinajstić information content (AvgIpc) is 3.46. The van der Waals surface area contributed by atoms with Gasteiger partial charge in [-0.3, -0.25) is 0 Å². The lowest BCUT2D eigenvalue weighted by Gasteiger charge is -2.44. The molecule has 1 nitrogen and oxygen atoms in total. The van der Waals surface area contributed by atoms with Crippen LogP contribution in [0.4, 0.5) is 0 Å². The van der Waals surface area contributed by atoms with E-state index in [1.54, 1.807) is 0 Å². The van der Waals surface area contributed by atoms with Gasteiger partial charge in [-0.25, -0.2) is 0 Å². The van der Waals surface area contributed by atoms with Crippen LogP contribution in [0.1, 0.15) is 0 Å². The van der Waals surface area contributed by atoms with E-state index in [0.29, 0.717) is 0 Å². The summed E-state index contributed by atoms with van der Waals surface area (Å²) in [5.74, 6) is 0. The smallest absolute Gasteiger partial charge is 0.278 e. The van der Waals surface area contributed by atoms with Gasteiger partial charge in [-0.15, -0.1) is 0 Å². The second-order valence-electron chi connectivity index (χ2n) is 17.9. The summed E-state index contributed by atoms with van der Waals surface area (Å²) in [6, 6.07) is 116. The van der Waals surface area contributed by atoms with Crippen LogP contribution in [0.25, 0.3) is 22.3 Å². The summed E-state index contributed by atoms with van der Waals surface area (Å²) < 4.78 is 8.66. The van der Waals surface area contributed by atoms with E-state index in [4.69, 9.17) is 4.12 Å². The fourth-order valence-electron chi connectivity index (χ4n) is 10.7. The van der Waals surface area contributed by atoms with Crippen LogP contribution >= 0.6 is 0 Å². The van der Waals surface area contributed by atoms with Crippen molar-refractivity contribution in [3.05, 3.63) is 315 Å². The number of hydrogen-bond acceptors (Lipinski definition) is 1. The van der Waals surface area contributed by atoms with E-state index in [1.165, 1.54) is 63.0 Å². The van der Waals surface area contributed by atoms with E-state index in [-0.39, 0.29) is 0 Å². The molecule has 11 aromatic carbocycles. The van der Waals surface area contributed by atoms with Crippen molar-refractivity contribution in [3.63, 3.8) is 0 Å². The second kappa shape index (κ2) is 19.9. The second-order valence-corrected chi connectivity index (χ2v) is 28.7. The quantitative estimate of drug-likeness (QED) is 0.0782. The first-order valence-corrected chi connectivity index (χ1v) is 30.0. The Labute approximate surface area is 416 Å². The van der Waals surface area contributed by atoms with Gasteiger partial charge in [0.15, 0.2) is 8.07 Å². The molecule has 0 spiro atoms. The van der Waals surface area contributed by atoms with Gasteiger partial charge in [-0.05, 0) is 80.2 Å². The summed E-state index contributed by atoms with van der Waals surface area (Å²) in [7, 11) is -9.43. The van der Waals surface area contributed by atoms with E-state index in [2.05, 4.69) is 315 Å². The van der Waals surface area contributed by atoms with Crippen molar-refractivity contribution in [3.8, 4) is 22.3 Å². The van der Waals surface area contributed by atoms with Crippen molar-refractivity contribution >= 4 is 76.6 Å². The molecule has 0 aliphatic rings. The van der Waals surface area contributed by atoms with Crippen LogP contribution in [-0.2, 0) is 4.12 Å². The molecule has 0 heterocycles. The molecule has 0 saturated heterocycles. The van der Waals surface area contributed by atoms with Crippen molar-refractivity contribution in [2.24, 2.45) is 0 Å². The minimum Gasteiger partial charge on any atom is -0.435 e. The van der Waals surface area contributed by atoms with Crippen molar-refractivity contribution in [2.45, 2.75) is 0 Å². The minimum atomic E-state index is -3.41. The Kier molecular flexibility index (Phi) is 12.7. The Hall–Kier alpha value is -7.97. The third kappa shape index (κ3) is 8.17. The molecule has 0 unspecified atom stereocenters. The molecule has 0 aromatic heterocycles. The average molecular weight is 945 g/mol. The zero-order valence-electron chi connectivity index (χ0n) is 38.9. The van der Waals surface area contributed by atoms with E-state index in [9.17, 15) is 0 Å². The summed E-state index contributed by atoms with van der Waals surface area (Å²) in [5, 5.41) is 12.7. The fraction of sp³-hybridized carbons (Fsp3) is 0. The highest BCUT2D eigenvalue weighted by Gasteiger charge is 2.53. The molecule has 0 atom stereocenters. The molecule has 0 aliphatic heterocycles. The Morgan fingerprint density at radius 3 is 0.700 bits per heavy atom. The lowest BCUT2D eigenvalue weighted by Crippen LogP contribution is -2.81. The largest absolute Gasteiger partial charge is 0.435 e. The molecule has 0 aliphatic carbocycles. The van der Waals surface area contributed by atoms with Crippen LogP contribution < -0.4 is 51.9 Å². The Morgan fingerprint density at radius 1 is 0.171 bits per heavy atom. The molecule has 4 heteroatoms. The molecule has 0 amide bonds. The molecule has 334 valence electrons. The molecular formula is C66H52OSi3. The normalized spacial score (nSPS) is 11.8. The Bertz CT molecular complexity index is 3200. The van der Waals surface area contributed by atoms with Crippen molar-refractivity contribution < 1.29 is 4.12 Å². The number of rotatable bonds is 14. The third-order valence-corrected chi connectivity index (χ3v) is 28.0. The molecule has 0 saturated carbocycles. The molecule has 0 fully saturated rings. The zero-order chi connectivity index (χ0) is 47.1. The van der Waals surface area contributed by atoms with Gasteiger partial charge in [0.05, 0.1) is 0 Å². The van der Waals surface area contributed by atoms with Crippen LogP contribution in [0.15, 0.2) is 315 Å². The molecule has 11 rings (SSSR count). The van der Waals surface area contributed by atoms with Gasteiger partial charge in [-0.1, -0.05) is 309 Å². The third-order valence-electron chi connectivity index (χ3n) is 13.9. The predicted octanol–water partition coefficient (Wildman–Crippen LogP) is 9.05. The highest BCUT2D eigenvalue weighted by Crippen LogP contribution is 2.28. The van der Waals surface area contributed by atoms with E-state index in [1.807, 2.05) is 0 Å². The first-order valence-electron chi connectivity index (χ1n) is 24.2. The van der Waals surface area contributed by atoms with Gasteiger partial charge in [0, 0.05) is 0 Å². The van der Waals surface area contributed by atoms with Gasteiger partial charge in [0.25, 0.3) is 16.6 Å². The van der Waals surface area contributed by atoms with Crippen molar-refractivity contribution in [1.82, 2.24) is 0 Å². The fourth-order valence-corrected chi connectivity index (χ4v) is 26.2. The van der Waals surface area contributed by atoms with E-state index < -0.39 is 24.7 Å². The molecule has 0 N–H and O–H groups in total. The first-order chi connectivity index (χ1) is 34.7. The van der Waals surface area contributed by atoms with E-state index >= 15 is 0 Å². The SMILES string of the molecule is c1ccc([Si](O[Si](c2ccccc2)(c2ccccc2)c2cccc(-c3cccc(-c4cccc([Si](c5ccccc5)(c5ccccc5)c5ccccc5)c4)c3)c2)(c2ccccc2)c2ccccc2)cc1. The van der Waals surface area contributed by atoms with Crippen molar-refractivity contribution in [1.29, 1.82) is 0 Å². The lowest BCUT2D eigenvalue weighted by atomic mass is 9.99. The van der Waals surface area contributed by atoms with Crippen LogP contribution in [0.3, 0.4) is 0 Å². The van der Waals surface area contributed by atoms with Crippen LogP contribution in [0, 0.1) is 0 Å². The molecular weight excluding hydrogens is 893 g/mol. The van der Waals surface area contributed by atoms with Crippen LogP contribution in [-0.4, -0.2) is 24.7 Å². The van der Waals surface area contributed by atoms with Gasteiger partial charge >= 0.3 is 0 Å². The highest BCUT2D eigenvalue weighted by molar-refractivity contribution is 7.20. The summed E-state index contributed by atoms with van der Waals surface area (Å²) in [5.41, 5.74) is 4.68. The van der Waals surface area contributed by atoms with Crippen LogP contribution in [0.2, 0.25) is 0 Å². The highest BCUT2D eigenvalue weighted by atomic mass is 28.4. The maximum Gasteiger partial charge on any atom is 0.278 e. The first kappa shape index (κ1) is 44.5. The summed E-state index contributed by atoms with van der Waals surface area (Å²) in [4.78, 5) is 0. The van der Waals surface area contributed by atoms with Gasteiger partial charge in [-0.2, -0.15) is 0 Å². The standard InChI is InChI=1S/C66H52OSi3/c1-9-32-57(33-10-1)68(58-34-11-2-12-35-58,59-36-13-3-14-37-59)65-48-26-30-55(51-65)53-28-25-29-54(50-53)56-31-27-49-66(52-56)70(63-44-21-7-22-45-63,64-46-23-8-24-47-64)67-69(60-38-15-4-16-39-60,61-40-17-5-18-41-61)62-42-19-6-20-43-62/h1-52H. The summed E-state index contributed by atoms with van der Waals surface area (Å²) in [6.45, 7) is 0. The summed E-state index contributed by atoms with van der Waals surface area (Å²) >= 11 is 0. The molecule has 11 aromatic rings. The number of hydrogen-bond donors (Lipinski definition) is 0. The van der Waals surface area contributed by atoms with Gasteiger partial charge in [0.2, 0.25) is 0 Å². The monoisotopic (exact) mass is 944 g/mol. The lowest BCUT2D eigenvalue weighted by molar-refractivity contribution is 0.600. The molecule has 0 bridgehead atoms. The molecule has 70 heavy (non-hydrogen) atoms. The predicted molar refractivity (Wildman–Crippen MR) is 304 cm³/mol. The van der Waals surface area contributed by atoms with Crippen LogP contribution in [0.5, 0.6) is 0 Å². The zero-order valence-corrected chi connectivity index (χ0v) is 41.9. The maximum atomic E-state index is 8.66. The Morgan fingerprint density at radius 2 is 0.386 bits per heavy atom. The topological polar surface area (TPSA) is 9.23 Å². The molecule has 0 radical (unpaired) electrons. The van der Waals surface area contributed by atoms with Gasteiger partial charge < -0.3 is 4.12 Å². The number of benzene rings is 11. The minimum absolute atomic E-state index is 1.15. The van der Waals surface area contributed by atoms with Gasteiger partial charge in [0.1, 0.15) is 0 Å². The summed E-state index contributed by atoms with van der Waals surface area (Å²) in [6.07, 6.45) is 0. The van der Waals surface area contributed by atoms with Crippen molar-refractivity contribution in [2.75, 3.05) is 0 Å². The Balaban J connectivity index is 1.10.